The molecule has 1 atom stereocenters. The number of piperidine rings is 1. The first-order chi connectivity index (χ1) is 16.1. The van der Waals surface area contributed by atoms with E-state index in [0.29, 0.717) is 30.1 Å². The van der Waals surface area contributed by atoms with Crippen molar-refractivity contribution in [1.82, 2.24) is 4.31 Å². The Bertz CT molecular complexity index is 1230. The first-order valence-corrected chi connectivity index (χ1v) is 12.7. The average molecular weight is 487 g/mol. The van der Waals surface area contributed by atoms with Gasteiger partial charge in [0, 0.05) is 20.6 Å². The molecule has 182 valence electrons. The molecule has 0 aliphatic carbocycles. The van der Waals surface area contributed by atoms with Crippen LogP contribution in [0.4, 0.5) is 17.1 Å². The Morgan fingerprint density at radius 1 is 1.15 bits per heavy atom. The number of methoxy groups -OCH3 is 1. The zero-order chi connectivity index (χ0) is 24.6. The van der Waals surface area contributed by atoms with E-state index in [9.17, 15) is 18.0 Å². The van der Waals surface area contributed by atoms with Crippen LogP contribution in [0.1, 0.15) is 24.8 Å². The number of nitrogens with one attached hydrogen (secondary N) is 1. The number of carbonyl (C=O) groups is 2. The van der Waals surface area contributed by atoms with Gasteiger partial charge in [-0.15, -0.1) is 0 Å². The fraction of sp³-hybridized carbons (Fsp3) is 0.417. The third-order valence-corrected chi connectivity index (χ3v) is 8.12. The van der Waals surface area contributed by atoms with Crippen molar-refractivity contribution in [2.75, 3.05) is 49.4 Å². The van der Waals surface area contributed by atoms with Gasteiger partial charge < -0.3 is 15.0 Å². The van der Waals surface area contributed by atoms with Crippen molar-refractivity contribution >= 4 is 38.9 Å². The molecule has 2 heterocycles. The second kappa shape index (κ2) is 9.27. The van der Waals surface area contributed by atoms with Gasteiger partial charge in [0.2, 0.25) is 21.8 Å². The summed E-state index contributed by atoms with van der Waals surface area (Å²) in [6.45, 7) is 2.38. The van der Waals surface area contributed by atoms with Crippen molar-refractivity contribution in [2.24, 2.45) is 0 Å². The van der Waals surface area contributed by atoms with Gasteiger partial charge >= 0.3 is 0 Å². The normalized spacial score (nSPS) is 17.9. The number of amides is 2. The van der Waals surface area contributed by atoms with Crippen LogP contribution in [0.2, 0.25) is 0 Å². The van der Waals surface area contributed by atoms with E-state index in [0.717, 1.165) is 28.4 Å². The van der Waals surface area contributed by atoms with E-state index < -0.39 is 15.9 Å². The fourth-order valence-corrected chi connectivity index (χ4v) is 5.45. The van der Waals surface area contributed by atoms with E-state index in [2.05, 4.69) is 5.32 Å². The number of hydrogen-bond donors (Lipinski definition) is 1. The average Bonchev–Trinajstić information content (AvgIpc) is 2.81. The molecule has 0 saturated carbocycles. The zero-order valence-corrected chi connectivity index (χ0v) is 20.7. The lowest BCUT2D eigenvalue weighted by Crippen LogP contribution is -2.56. The second-order valence-corrected chi connectivity index (χ2v) is 11.0. The van der Waals surface area contributed by atoms with Crippen molar-refractivity contribution in [2.45, 2.75) is 37.1 Å². The predicted octanol–water partition coefficient (Wildman–Crippen LogP) is 2.60. The maximum Gasteiger partial charge on any atom is 0.250 e. The van der Waals surface area contributed by atoms with E-state index in [1.807, 2.05) is 17.9 Å². The third-order valence-electron chi connectivity index (χ3n) is 6.31. The number of aryl methyl sites for hydroxylation is 1. The van der Waals surface area contributed by atoms with Crippen LogP contribution in [-0.4, -0.2) is 64.9 Å². The molecule has 0 unspecified atom stereocenters. The Morgan fingerprint density at radius 2 is 1.91 bits per heavy atom. The molecule has 10 heteroatoms. The van der Waals surface area contributed by atoms with Crippen LogP contribution >= 0.6 is 0 Å². The van der Waals surface area contributed by atoms with Crippen LogP contribution in [0.3, 0.4) is 0 Å². The van der Waals surface area contributed by atoms with Gasteiger partial charge in [0.05, 0.1) is 29.1 Å². The predicted molar refractivity (Wildman–Crippen MR) is 131 cm³/mol. The van der Waals surface area contributed by atoms with Gasteiger partial charge in [-0.2, -0.15) is 0 Å². The number of ether oxygens (including phenoxy) is 1. The second-order valence-electron chi connectivity index (χ2n) is 8.82. The van der Waals surface area contributed by atoms with Gasteiger partial charge in [0.25, 0.3) is 0 Å². The molecule has 4 rings (SSSR count). The van der Waals surface area contributed by atoms with Crippen molar-refractivity contribution in [3.8, 4) is 5.75 Å². The molecule has 9 nitrogen and oxygen atoms in total. The summed E-state index contributed by atoms with van der Waals surface area (Å²) >= 11 is 0. The quantitative estimate of drug-likeness (QED) is 0.674. The van der Waals surface area contributed by atoms with Gasteiger partial charge in [-0.3, -0.25) is 14.5 Å². The molecule has 34 heavy (non-hydrogen) atoms. The van der Waals surface area contributed by atoms with Gasteiger partial charge in [-0.1, -0.05) is 6.07 Å². The number of carbonyl (C=O) groups excluding carboxylic acids is 2. The number of anilines is 3. The zero-order valence-electron chi connectivity index (χ0n) is 19.9. The van der Waals surface area contributed by atoms with Crippen molar-refractivity contribution in [3.63, 3.8) is 0 Å². The molecular formula is C24H30N4O5S. The minimum atomic E-state index is -3.71. The highest BCUT2D eigenvalue weighted by molar-refractivity contribution is 7.89. The molecule has 0 spiro atoms. The fourth-order valence-electron chi connectivity index (χ4n) is 4.52. The van der Waals surface area contributed by atoms with Crippen LogP contribution in [-0.2, 0) is 19.6 Å². The Kier molecular flexibility index (Phi) is 6.55. The summed E-state index contributed by atoms with van der Waals surface area (Å²) in [6.07, 6.45) is 2.57. The van der Waals surface area contributed by atoms with Crippen molar-refractivity contribution in [1.29, 1.82) is 0 Å². The lowest BCUT2D eigenvalue weighted by Gasteiger charge is -2.45. The highest BCUT2D eigenvalue weighted by Gasteiger charge is 2.40. The number of sulfonamides is 1. The minimum Gasteiger partial charge on any atom is -0.495 e. The molecule has 1 N–H and O–H groups in total. The molecular weight excluding hydrogens is 456 g/mol. The van der Waals surface area contributed by atoms with Crippen LogP contribution in [0.15, 0.2) is 41.3 Å². The van der Waals surface area contributed by atoms with Crippen LogP contribution in [0.5, 0.6) is 5.75 Å². The van der Waals surface area contributed by atoms with Gasteiger partial charge in [0.1, 0.15) is 18.3 Å². The maximum atomic E-state index is 13.5. The summed E-state index contributed by atoms with van der Waals surface area (Å²) in [5, 5.41) is 2.84. The van der Waals surface area contributed by atoms with Crippen LogP contribution in [0.25, 0.3) is 0 Å². The van der Waals surface area contributed by atoms with Gasteiger partial charge in [-0.05, 0) is 62.1 Å². The Hall–Kier alpha value is -3.11. The third kappa shape index (κ3) is 4.35. The minimum absolute atomic E-state index is 0.0743. The molecule has 0 aromatic heterocycles. The van der Waals surface area contributed by atoms with E-state index >= 15 is 0 Å². The smallest absolute Gasteiger partial charge is 0.250 e. The summed E-state index contributed by atoms with van der Waals surface area (Å²) in [6, 6.07) is 9.88. The summed E-state index contributed by atoms with van der Waals surface area (Å²) in [5.41, 5.74) is 2.66. The van der Waals surface area contributed by atoms with Gasteiger partial charge in [-0.25, -0.2) is 12.7 Å². The monoisotopic (exact) mass is 486 g/mol. The molecule has 2 aliphatic heterocycles. The molecule has 0 radical (unpaired) electrons. The van der Waals surface area contributed by atoms with Crippen molar-refractivity contribution in [3.05, 3.63) is 42.0 Å². The standard InChI is InChI=1S/C24H30N4O5S/c1-16-8-11-22(33-4)18(13-16)25-23(29)15-28-21-14-17(34(31,32)26(2)3)9-10-19(21)27-12-6-5-7-20(27)24(28)30/h8-11,13-14,20H,5-7,12,15H2,1-4H3,(H,25,29)/t20-/m0/s1. The van der Waals surface area contributed by atoms with Crippen LogP contribution < -0.4 is 19.9 Å². The largest absolute Gasteiger partial charge is 0.495 e. The van der Waals surface area contributed by atoms with E-state index in [-0.39, 0.29) is 23.4 Å². The maximum absolute atomic E-state index is 13.5. The molecule has 2 amide bonds. The van der Waals surface area contributed by atoms with Crippen molar-refractivity contribution < 1.29 is 22.7 Å². The summed E-state index contributed by atoms with van der Waals surface area (Å²) in [4.78, 5) is 30.1. The highest BCUT2D eigenvalue weighted by Crippen LogP contribution is 2.41. The first-order valence-electron chi connectivity index (χ1n) is 11.2. The number of hydrogen-bond acceptors (Lipinski definition) is 6. The Labute approximate surface area is 200 Å². The van der Waals surface area contributed by atoms with E-state index in [1.54, 1.807) is 24.3 Å². The first kappa shape index (κ1) is 24.0. The lowest BCUT2D eigenvalue weighted by atomic mass is 9.96. The highest BCUT2D eigenvalue weighted by atomic mass is 32.2. The molecule has 1 saturated heterocycles. The number of fused-ring (bicyclic) bond motifs is 3. The Balaban J connectivity index is 1.71. The molecule has 2 aromatic carbocycles. The van der Waals surface area contributed by atoms with Crippen LogP contribution in [0, 0.1) is 6.92 Å². The summed E-state index contributed by atoms with van der Waals surface area (Å²) in [7, 11) is 0.730. The lowest BCUT2D eigenvalue weighted by molar-refractivity contribution is -0.123. The van der Waals surface area contributed by atoms with E-state index in [4.69, 9.17) is 4.74 Å². The SMILES string of the molecule is COc1ccc(C)cc1NC(=O)CN1C(=O)[C@@H]2CCCCN2c2ccc(S(=O)(=O)N(C)C)cc21. The molecule has 2 aromatic rings. The number of nitrogens with zero attached hydrogens (tertiary/aromatic N) is 3. The summed E-state index contributed by atoms with van der Waals surface area (Å²) in [5.74, 6) is -0.0755. The van der Waals surface area contributed by atoms with Gasteiger partial charge in [0.15, 0.2) is 0 Å². The number of benzene rings is 2. The Morgan fingerprint density at radius 3 is 2.62 bits per heavy atom. The topological polar surface area (TPSA) is 99.3 Å². The molecule has 0 bridgehead atoms. The molecule has 2 aliphatic rings. The summed E-state index contributed by atoms with van der Waals surface area (Å²) < 4.78 is 32.0. The van der Waals surface area contributed by atoms with E-state index in [1.165, 1.54) is 32.2 Å². The number of rotatable bonds is 6. The molecule has 1 fully saturated rings.